The molecule has 0 amide bonds. The lowest BCUT2D eigenvalue weighted by Crippen LogP contribution is -1.98. The zero-order valence-corrected chi connectivity index (χ0v) is 11.9. The van der Waals surface area contributed by atoms with Gasteiger partial charge in [-0.25, -0.2) is 0 Å². The third kappa shape index (κ3) is 2.09. The van der Waals surface area contributed by atoms with Gasteiger partial charge in [0.1, 0.15) is 5.82 Å². The predicted molar refractivity (Wildman–Crippen MR) is 74.9 cm³/mol. The van der Waals surface area contributed by atoms with E-state index < -0.39 is 0 Å². The molecule has 1 aromatic heterocycles. The second-order valence-corrected chi connectivity index (χ2v) is 5.03. The Morgan fingerprint density at radius 2 is 2.12 bits per heavy atom. The maximum atomic E-state index is 6.02. The average molecular weight is 294 g/mol. The predicted octanol–water partition coefficient (Wildman–Crippen LogP) is 3.30. The lowest BCUT2D eigenvalue weighted by atomic mass is 10.0. The van der Waals surface area contributed by atoms with E-state index in [-0.39, 0.29) is 0 Å². The van der Waals surface area contributed by atoms with Gasteiger partial charge in [0.2, 0.25) is 0 Å². The highest BCUT2D eigenvalue weighted by molar-refractivity contribution is 9.10. The third-order valence-electron chi connectivity index (χ3n) is 2.93. The molecule has 0 saturated carbocycles. The molecule has 1 aromatic carbocycles. The molecular weight excluding hydrogens is 278 g/mol. The Labute approximate surface area is 110 Å². The number of hydrogen-bond acceptors (Lipinski definition) is 2. The van der Waals surface area contributed by atoms with Crippen molar-refractivity contribution >= 4 is 21.7 Å². The molecule has 0 radical (unpaired) electrons. The highest BCUT2D eigenvalue weighted by Gasteiger charge is 2.15. The molecule has 2 N–H and O–H groups in total. The van der Waals surface area contributed by atoms with E-state index in [9.17, 15) is 0 Å². The quantitative estimate of drug-likeness (QED) is 0.923. The van der Waals surface area contributed by atoms with Gasteiger partial charge in [-0.15, -0.1) is 0 Å². The van der Waals surface area contributed by atoms with Gasteiger partial charge < -0.3 is 5.73 Å². The standard InChI is InChI=1S/C13H16BrN3/c1-4-9-12(16-17(3)13(9)15)10-6-5-8(2)7-11(10)14/h5-7H,4,15H2,1-3H3. The minimum absolute atomic E-state index is 0.745. The second-order valence-electron chi connectivity index (χ2n) is 4.17. The Morgan fingerprint density at radius 3 is 2.71 bits per heavy atom. The Kier molecular flexibility index (Phi) is 3.24. The van der Waals surface area contributed by atoms with Crippen LogP contribution in [0, 0.1) is 6.92 Å². The Balaban J connectivity index is 2.64. The van der Waals surface area contributed by atoms with Gasteiger partial charge in [-0.1, -0.05) is 35.0 Å². The molecule has 0 aliphatic heterocycles. The summed E-state index contributed by atoms with van der Waals surface area (Å²) in [5, 5.41) is 4.50. The molecule has 0 saturated heterocycles. The van der Waals surface area contributed by atoms with Crippen molar-refractivity contribution in [2.24, 2.45) is 7.05 Å². The number of nitrogens with zero attached hydrogens (tertiary/aromatic N) is 2. The molecule has 0 unspecified atom stereocenters. The fraction of sp³-hybridized carbons (Fsp3) is 0.308. The summed E-state index contributed by atoms with van der Waals surface area (Å²) in [6, 6.07) is 6.27. The van der Waals surface area contributed by atoms with Crippen LogP contribution in [0.1, 0.15) is 18.1 Å². The van der Waals surface area contributed by atoms with Gasteiger partial charge in [0.05, 0.1) is 5.69 Å². The zero-order valence-electron chi connectivity index (χ0n) is 10.3. The van der Waals surface area contributed by atoms with Crippen LogP contribution in [0.5, 0.6) is 0 Å². The fourth-order valence-electron chi connectivity index (χ4n) is 1.96. The van der Waals surface area contributed by atoms with Crippen LogP contribution in [-0.2, 0) is 13.5 Å². The van der Waals surface area contributed by atoms with Crippen molar-refractivity contribution in [3.63, 3.8) is 0 Å². The van der Waals surface area contributed by atoms with Crippen molar-refractivity contribution in [1.29, 1.82) is 0 Å². The molecule has 2 aromatic rings. The lowest BCUT2D eigenvalue weighted by Gasteiger charge is -2.04. The molecule has 0 atom stereocenters. The molecule has 1 heterocycles. The van der Waals surface area contributed by atoms with Crippen LogP contribution in [0.15, 0.2) is 22.7 Å². The molecular formula is C13H16BrN3. The van der Waals surface area contributed by atoms with Crippen molar-refractivity contribution in [2.45, 2.75) is 20.3 Å². The Hall–Kier alpha value is -1.29. The number of rotatable bonds is 2. The number of nitrogens with two attached hydrogens (primary N) is 1. The van der Waals surface area contributed by atoms with E-state index in [1.165, 1.54) is 5.56 Å². The number of anilines is 1. The van der Waals surface area contributed by atoms with Crippen molar-refractivity contribution < 1.29 is 0 Å². The molecule has 0 spiro atoms. The summed E-state index contributed by atoms with van der Waals surface area (Å²) >= 11 is 3.59. The normalized spacial score (nSPS) is 10.8. The minimum Gasteiger partial charge on any atom is -0.384 e. The minimum atomic E-state index is 0.745. The van der Waals surface area contributed by atoms with Crippen LogP contribution in [0.2, 0.25) is 0 Å². The molecule has 0 aliphatic carbocycles. The van der Waals surface area contributed by atoms with Gasteiger partial charge in [0.15, 0.2) is 0 Å². The van der Waals surface area contributed by atoms with Crippen LogP contribution in [-0.4, -0.2) is 9.78 Å². The summed E-state index contributed by atoms with van der Waals surface area (Å²) in [5.74, 6) is 0.745. The van der Waals surface area contributed by atoms with Gasteiger partial charge >= 0.3 is 0 Å². The first-order valence-corrected chi connectivity index (χ1v) is 6.41. The number of halogens is 1. The number of nitrogen functional groups attached to an aromatic ring is 1. The van der Waals surface area contributed by atoms with Gasteiger partial charge in [0, 0.05) is 22.6 Å². The summed E-state index contributed by atoms with van der Waals surface area (Å²) in [6.07, 6.45) is 0.884. The van der Waals surface area contributed by atoms with Gasteiger partial charge in [0.25, 0.3) is 0 Å². The Morgan fingerprint density at radius 1 is 1.41 bits per heavy atom. The topological polar surface area (TPSA) is 43.8 Å². The summed E-state index contributed by atoms with van der Waals surface area (Å²) < 4.78 is 2.80. The highest BCUT2D eigenvalue weighted by atomic mass is 79.9. The summed E-state index contributed by atoms with van der Waals surface area (Å²) in [6.45, 7) is 4.17. The van der Waals surface area contributed by atoms with E-state index in [1.54, 1.807) is 4.68 Å². The highest BCUT2D eigenvalue weighted by Crippen LogP contribution is 2.33. The van der Waals surface area contributed by atoms with E-state index in [2.05, 4.69) is 53.1 Å². The maximum absolute atomic E-state index is 6.02. The second kappa shape index (κ2) is 4.53. The lowest BCUT2D eigenvalue weighted by molar-refractivity contribution is 0.781. The van der Waals surface area contributed by atoms with Crippen molar-refractivity contribution in [2.75, 3.05) is 5.73 Å². The number of hydrogen-bond donors (Lipinski definition) is 1. The first kappa shape index (κ1) is 12.2. The van der Waals surface area contributed by atoms with Crippen LogP contribution in [0.3, 0.4) is 0 Å². The number of aromatic nitrogens is 2. The van der Waals surface area contributed by atoms with Crippen LogP contribution in [0.25, 0.3) is 11.3 Å². The van der Waals surface area contributed by atoms with Gasteiger partial charge in [-0.2, -0.15) is 5.10 Å². The van der Waals surface area contributed by atoms with Crippen molar-refractivity contribution in [3.05, 3.63) is 33.8 Å². The fourth-order valence-corrected chi connectivity index (χ4v) is 2.64. The number of aryl methyl sites for hydroxylation is 2. The summed E-state index contributed by atoms with van der Waals surface area (Å²) in [5.41, 5.74) is 10.4. The smallest absolute Gasteiger partial charge is 0.125 e. The van der Waals surface area contributed by atoms with Gasteiger partial charge in [-0.3, -0.25) is 4.68 Å². The van der Waals surface area contributed by atoms with Crippen LogP contribution in [0.4, 0.5) is 5.82 Å². The molecule has 90 valence electrons. The van der Waals surface area contributed by atoms with Gasteiger partial charge in [-0.05, 0) is 25.0 Å². The van der Waals surface area contributed by atoms with Crippen molar-refractivity contribution in [3.8, 4) is 11.3 Å². The summed E-state index contributed by atoms with van der Waals surface area (Å²) in [4.78, 5) is 0. The van der Waals surface area contributed by atoms with Crippen LogP contribution < -0.4 is 5.73 Å². The molecule has 0 fully saturated rings. The van der Waals surface area contributed by atoms with Crippen molar-refractivity contribution in [1.82, 2.24) is 9.78 Å². The number of benzene rings is 1. The van der Waals surface area contributed by atoms with E-state index in [4.69, 9.17) is 5.73 Å². The van der Waals surface area contributed by atoms with E-state index in [0.29, 0.717) is 0 Å². The molecule has 0 aliphatic rings. The molecule has 2 rings (SSSR count). The molecule has 17 heavy (non-hydrogen) atoms. The molecule has 4 heteroatoms. The third-order valence-corrected chi connectivity index (χ3v) is 3.58. The van der Waals surface area contributed by atoms with E-state index in [0.717, 1.165) is 33.5 Å². The average Bonchev–Trinajstić information content (AvgIpc) is 2.55. The largest absolute Gasteiger partial charge is 0.384 e. The molecule has 0 bridgehead atoms. The van der Waals surface area contributed by atoms with E-state index in [1.807, 2.05) is 7.05 Å². The molecule has 3 nitrogen and oxygen atoms in total. The monoisotopic (exact) mass is 293 g/mol. The Bertz CT molecular complexity index is 558. The SMILES string of the molecule is CCc1c(-c2ccc(C)cc2Br)nn(C)c1N. The maximum Gasteiger partial charge on any atom is 0.125 e. The van der Waals surface area contributed by atoms with Crippen LogP contribution >= 0.6 is 15.9 Å². The zero-order chi connectivity index (χ0) is 12.6. The summed E-state index contributed by atoms with van der Waals surface area (Å²) in [7, 11) is 1.88. The first-order valence-electron chi connectivity index (χ1n) is 5.62. The first-order chi connectivity index (χ1) is 8.04. The van der Waals surface area contributed by atoms with E-state index >= 15 is 0 Å².